The first-order valence-electron chi connectivity index (χ1n) is 14.9. The van der Waals surface area contributed by atoms with E-state index in [0.717, 1.165) is 40.6 Å². The Hall–Kier alpha value is -4.57. The molecule has 258 valence electrons. The van der Waals surface area contributed by atoms with Crippen LogP contribution in [0.5, 0.6) is 0 Å². The first kappa shape index (κ1) is 34.3. The number of halogens is 7. The van der Waals surface area contributed by atoms with Crippen LogP contribution in [0.15, 0.2) is 78.9 Å². The van der Waals surface area contributed by atoms with Gasteiger partial charge in [0, 0.05) is 12.2 Å². The molecule has 0 spiro atoms. The van der Waals surface area contributed by atoms with Crippen LogP contribution in [0.3, 0.4) is 0 Å². The summed E-state index contributed by atoms with van der Waals surface area (Å²) in [6.45, 7) is -0.746. The number of anilines is 2. The summed E-state index contributed by atoms with van der Waals surface area (Å²) >= 11 is 5.66. The second-order valence-corrected chi connectivity index (χ2v) is 11.9. The van der Waals surface area contributed by atoms with Crippen LogP contribution in [-0.4, -0.2) is 57.3 Å². The van der Waals surface area contributed by atoms with Gasteiger partial charge in [-0.1, -0.05) is 48.0 Å². The van der Waals surface area contributed by atoms with Crippen molar-refractivity contribution in [3.8, 4) is 0 Å². The van der Waals surface area contributed by atoms with Crippen molar-refractivity contribution in [2.75, 3.05) is 23.8 Å². The van der Waals surface area contributed by atoms with Gasteiger partial charge in [-0.05, 0) is 58.8 Å². The van der Waals surface area contributed by atoms with E-state index in [9.17, 15) is 41.4 Å². The molecule has 4 atom stereocenters. The maximum Gasteiger partial charge on any atom is 0.417 e. The van der Waals surface area contributed by atoms with E-state index in [1.54, 1.807) is 0 Å². The van der Waals surface area contributed by atoms with Crippen LogP contribution in [0.1, 0.15) is 22.7 Å². The number of ether oxygens (including phenoxy) is 1. The second kappa shape index (κ2) is 13.4. The van der Waals surface area contributed by atoms with Gasteiger partial charge in [-0.2, -0.15) is 26.3 Å². The van der Waals surface area contributed by atoms with Gasteiger partial charge in [0.15, 0.2) is 0 Å². The standard InChI is InChI=1S/C33H28ClF6N5O4/c34-23-9-8-21(13-22(23)33(38,39)40)42-31(48)44-25-16-49-27(15-46)28(29(25)47)45-26-10-7-20(32(35,36)37)12-24(26)43-30(45)41-14-17-5-6-18-3-1-2-4-19(18)11-17/h1-13,25,27-29,46-47H,14-16H2,(H,41,43)(H2,42,44,48). The lowest BCUT2D eigenvalue weighted by Crippen LogP contribution is -2.58. The van der Waals surface area contributed by atoms with Crippen LogP contribution in [-0.2, 0) is 23.6 Å². The van der Waals surface area contributed by atoms with Crippen molar-refractivity contribution < 1.29 is 46.1 Å². The quantitative estimate of drug-likeness (QED) is 0.117. The number of amides is 2. The fraction of sp³-hybridized carbons (Fsp3) is 0.273. The highest BCUT2D eigenvalue weighted by molar-refractivity contribution is 6.31. The fourth-order valence-corrected chi connectivity index (χ4v) is 6.10. The van der Waals surface area contributed by atoms with E-state index in [1.165, 1.54) is 10.6 Å². The Morgan fingerprint density at radius 1 is 0.959 bits per heavy atom. The number of aromatic nitrogens is 2. The summed E-state index contributed by atoms with van der Waals surface area (Å²) in [4.78, 5) is 17.3. The molecule has 0 saturated carbocycles. The van der Waals surface area contributed by atoms with Gasteiger partial charge in [-0.15, -0.1) is 0 Å². The number of rotatable bonds is 7. The van der Waals surface area contributed by atoms with Crippen LogP contribution in [0.4, 0.5) is 42.8 Å². The third-order valence-electron chi connectivity index (χ3n) is 8.24. The van der Waals surface area contributed by atoms with Gasteiger partial charge in [0.05, 0.1) is 58.6 Å². The van der Waals surface area contributed by atoms with E-state index in [2.05, 4.69) is 20.9 Å². The Morgan fingerprint density at radius 3 is 2.43 bits per heavy atom. The number of hydrogen-bond acceptors (Lipinski definition) is 6. The molecule has 5 N–H and O–H groups in total. The van der Waals surface area contributed by atoms with E-state index >= 15 is 0 Å². The molecule has 0 bridgehead atoms. The van der Waals surface area contributed by atoms with E-state index in [1.807, 2.05) is 42.5 Å². The van der Waals surface area contributed by atoms with Crippen molar-refractivity contribution in [3.63, 3.8) is 0 Å². The molecule has 16 heteroatoms. The first-order valence-corrected chi connectivity index (χ1v) is 15.3. The lowest BCUT2D eigenvalue weighted by atomic mass is 9.95. The molecule has 6 rings (SSSR count). The average molecular weight is 708 g/mol. The number of imidazole rings is 1. The third-order valence-corrected chi connectivity index (χ3v) is 8.57. The summed E-state index contributed by atoms with van der Waals surface area (Å²) in [5, 5.41) is 31.1. The summed E-state index contributed by atoms with van der Waals surface area (Å²) in [6.07, 6.45) is -12.1. The topological polar surface area (TPSA) is 121 Å². The minimum Gasteiger partial charge on any atom is -0.394 e. The zero-order valence-corrected chi connectivity index (χ0v) is 25.9. The molecule has 1 aromatic heterocycles. The third kappa shape index (κ3) is 7.25. The van der Waals surface area contributed by atoms with E-state index in [0.29, 0.717) is 6.07 Å². The fourth-order valence-electron chi connectivity index (χ4n) is 5.88. The van der Waals surface area contributed by atoms with Crippen molar-refractivity contribution in [2.24, 2.45) is 0 Å². The summed E-state index contributed by atoms with van der Waals surface area (Å²) in [6, 6.07) is 15.7. The summed E-state index contributed by atoms with van der Waals surface area (Å²) in [5.74, 6) is 0.0551. The number of urea groups is 1. The number of benzene rings is 4. The summed E-state index contributed by atoms with van der Waals surface area (Å²) in [7, 11) is 0. The minimum atomic E-state index is -4.78. The maximum atomic E-state index is 13.6. The minimum absolute atomic E-state index is 0.0551. The lowest BCUT2D eigenvalue weighted by Gasteiger charge is -2.41. The smallest absolute Gasteiger partial charge is 0.394 e. The zero-order valence-electron chi connectivity index (χ0n) is 25.2. The number of fused-ring (bicyclic) bond motifs is 2. The Kier molecular flexibility index (Phi) is 9.37. The van der Waals surface area contributed by atoms with Crippen molar-refractivity contribution >= 4 is 51.1 Å². The van der Waals surface area contributed by atoms with Gasteiger partial charge in [0.25, 0.3) is 0 Å². The largest absolute Gasteiger partial charge is 0.417 e. The molecule has 4 unspecified atom stereocenters. The lowest BCUT2D eigenvalue weighted by molar-refractivity contribution is -0.138. The highest BCUT2D eigenvalue weighted by Gasteiger charge is 2.43. The van der Waals surface area contributed by atoms with Crippen LogP contribution in [0, 0.1) is 0 Å². The number of aliphatic hydroxyl groups excluding tert-OH is 2. The van der Waals surface area contributed by atoms with Crippen molar-refractivity contribution in [2.45, 2.75) is 43.2 Å². The Balaban J connectivity index is 1.31. The van der Waals surface area contributed by atoms with Gasteiger partial charge in [0.1, 0.15) is 6.10 Å². The van der Waals surface area contributed by atoms with Crippen molar-refractivity contribution in [3.05, 3.63) is 101 Å². The molecule has 1 aliphatic rings. The van der Waals surface area contributed by atoms with Gasteiger partial charge < -0.3 is 35.5 Å². The molecule has 1 aliphatic heterocycles. The molecule has 2 heterocycles. The predicted molar refractivity (Wildman–Crippen MR) is 170 cm³/mol. The Bertz CT molecular complexity index is 2000. The highest BCUT2D eigenvalue weighted by Crippen LogP contribution is 2.38. The van der Waals surface area contributed by atoms with Crippen LogP contribution in [0.25, 0.3) is 21.8 Å². The van der Waals surface area contributed by atoms with E-state index < -0.39 is 65.4 Å². The maximum absolute atomic E-state index is 13.6. The molecular weight excluding hydrogens is 680 g/mol. The zero-order chi connectivity index (χ0) is 35.1. The molecule has 2 amide bonds. The first-order chi connectivity index (χ1) is 23.2. The molecule has 49 heavy (non-hydrogen) atoms. The number of hydrogen-bond donors (Lipinski definition) is 5. The molecule has 5 aromatic rings. The monoisotopic (exact) mass is 707 g/mol. The van der Waals surface area contributed by atoms with Gasteiger partial charge >= 0.3 is 18.4 Å². The van der Waals surface area contributed by atoms with Crippen molar-refractivity contribution in [1.29, 1.82) is 0 Å². The number of nitrogens with zero attached hydrogens (tertiary/aromatic N) is 2. The molecule has 0 radical (unpaired) electrons. The molecule has 0 aliphatic carbocycles. The van der Waals surface area contributed by atoms with Gasteiger partial charge in [0.2, 0.25) is 5.95 Å². The summed E-state index contributed by atoms with van der Waals surface area (Å²) < 4.78 is 88.1. The van der Waals surface area contributed by atoms with Gasteiger partial charge in [-0.3, -0.25) is 0 Å². The number of alkyl halides is 6. The predicted octanol–water partition coefficient (Wildman–Crippen LogP) is 6.98. The van der Waals surface area contributed by atoms with E-state index in [4.69, 9.17) is 16.3 Å². The van der Waals surface area contributed by atoms with Crippen LogP contribution >= 0.6 is 11.6 Å². The molecule has 1 saturated heterocycles. The number of nitrogens with one attached hydrogen (secondary N) is 3. The molecular formula is C33H28ClF6N5O4. The normalized spacial score (nSPS) is 20.0. The molecule has 1 fully saturated rings. The molecule has 4 aromatic carbocycles. The van der Waals surface area contributed by atoms with Crippen LogP contribution < -0.4 is 16.0 Å². The number of carbonyl (C=O) groups is 1. The van der Waals surface area contributed by atoms with Gasteiger partial charge in [-0.25, -0.2) is 9.78 Å². The highest BCUT2D eigenvalue weighted by atomic mass is 35.5. The average Bonchev–Trinajstić information content (AvgIpc) is 3.41. The Labute approximate surface area is 279 Å². The summed E-state index contributed by atoms with van der Waals surface area (Å²) in [5.41, 5.74) is -1.41. The van der Waals surface area contributed by atoms with Crippen molar-refractivity contribution in [1.82, 2.24) is 14.9 Å². The molecule has 9 nitrogen and oxygen atoms in total. The van der Waals surface area contributed by atoms with Crippen LogP contribution in [0.2, 0.25) is 5.02 Å². The Morgan fingerprint density at radius 2 is 1.71 bits per heavy atom. The SMILES string of the molecule is O=C(Nc1ccc(Cl)c(C(F)(F)F)c1)NC1COC(CO)C(n2c(NCc3ccc4ccccc4c3)nc3cc(C(F)(F)F)ccc32)C1O. The van der Waals surface area contributed by atoms with E-state index in [-0.39, 0.29) is 35.8 Å². The number of carbonyl (C=O) groups excluding carboxylic acids is 1. The second-order valence-electron chi connectivity index (χ2n) is 11.5. The number of aliphatic hydroxyl groups is 2.